The zero-order valence-electron chi connectivity index (χ0n) is 22.8. The van der Waals surface area contributed by atoms with Crippen LogP contribution in [0.2, 0.25) is 0 Å². The number of nitrogens with one attached hydrogen (secondary N) is 1. The van der Waals surface area contributed by atoms with Gasteiger partial charge in [0.2, 0.25) is 0 Å². The molecule has 0 saturated carbocycles. The minimum atomic E-state index is -0.567. The Morgan fingerprint density at radius 1 is 1.03 bits per heavy atom. The molecule has 1 aromatic heterocycles. The molecule has 3 aromatic carbocycles. The van der Waals surface area contributed by atoms with Crippen molar-refractivity contribution in [3.05, 3.63) is 101 Å². The highest BCUT2D eigenvalue weighted by atomic mass is 16.5. The van der Waals surface area contributed by atoms with Crippen LogP contribution < -0.4 is 15.4 Å². The van der Waals surface area contributed by atoms with Crippen molar-refractivity contribution in [3.8, 4) is 28.3 Å². The number of allylic oxidation sites excluding steroid dienone is 1. The summed E-state index contributed by atoms with van der Waals surface area (Å²) < 4.78 is 10.7. The van der Waals surface area contributed by atoms with Gasteiger partial charge in [-0.2, -0.15) is 0 Å². The lowest BCUT2D eigenvalue weighted by Crippen LogP contribution is -2.33. The Balaban J connectivity index is 1.42. The van der Waals surface area contributed by atoms with Gasteiger partial charge < -0.3 is 9.64 Å². The van der Waals surface area contributed by atoms with Crippen molar-refractivity contribution in [2.24, 2.45) is 4.99 Å². The third-order valence-corrected chi connectivity index (χ3v) is 6.67. The molecule has 1 unspecified atom stereocenters. The van der Waals surface area contributed by atoms with Crippen molar-refractivity contribution in [3.63, 3.8) is 0 Å². The first-order valence-corrected chi connectivity index (χ1v) is 13.5. The predicted molar refractivity (Wildman–Crippen MR) is 156 cm³/mol. The third-order valence-electron chi connectivity index (χ3n) is 6.67. The number of aromatic nitrogens is 2. The summed E-state index contributed by atoms with van der Waals surface area (Å²) in [6.07, 6.45) is 5.14. The molecule has 1 aliphatic heterocycles. The van der Waals surface area contributed by atoms with Crippen LogP contribution in [0, 0.1) is 0 Å². The molecule has 0 spiro atoms. The molecule has 0 amide bonds. The van der Waals surface area contributed by atoms with E-state index in [2.05, 4.69) is 71.5 Å². The molecule has 7 heteroatoms. The highest BCUT2D eigenvalue weighted by molar-refractivity contribution is 6.02. The van der Waals surface area contributed by atoms with Gasteiger partial charge in [0, 0.05) is 35.6 Å². The summed E-state index contributed by atoms with van der Waals surface area (Å²) >= 11 is 0. The summed E-state index contributed by atoms with van der Waals surface area (Å²) in [7, 11) is 0. The van der Waals surface area contributed by atoms with Crippen LogP contribution >= 0.6 is 0 Å². The van der Waals surface area contributed by atoms with Crippen LogP contribution in [-0.2, 0) is 6.42 Å². The fourth-order valence-electron chi connectivity index (χ4n) is 4.92. The van der Waals surface area contributed by atoms with E-state index >= 15 is 0 Å². The van der Waals surface area contributed by atoms with Crippen molar-refractivity contribution in [1.29, 1.82) is 0 Å². The van der Waals surface area contributed by atoms with Crippen LogP contribution in [0.1, 0.15) is 46.1 Å². The van der Waals surface area contributed by atoms with E-state index in [0.717, 1.165) is 47.4 Å². The van der Waals surface area contributed by atoms with Gasteiger partial charge in [0.25, 0.3) is 0 Å². The zero-order chi connectivity index (χ0) is 27.4. The predicted octanol–water partition coefficient (Wildman–Crippen LogP) is 7.02. The van der Waals surface area contributed by atoms with Crippen molar-refractivity contribution in [2.45, 2.75) is 59.2 Å². The molecule has 5 rings (SSSR count). The maximum atomic E-state index is 11.5. The topological polar surface area (TPSA) is 83.7 Å². The van der Waals surface area contributed by atoms with E-state index in [4.69, 9.17) is 14.3 Å². The molecule has 2 heterocycles. The first-order chi connectivity index (χ1) is 18.9. The van der Waals surface area contributed by atoms with Crippen molar-refractivity contribution in [1.82, 2.24) is 10.1 Å². The van der Waals surface area contributed by atoms with Crippen LogP contribution in [0.25, 0.3) is 22.5 Å². The standard InChI is InChI=1S/C32H34N4O3/c1-5-9-30-25(20-36(22(4)33-30)26-10-8-11-27(19-26)38-21(2)3)18-23-14-16-24(17-15-23)28-12-6-7-13-29(28)31-34-32(37)39-35-31/h6-8,10-17,19-22H,5,9,18H2,1-4H3,(H,34,35,37). The Labute approximate surface area is 228 Å². The number of benzene rings is 3. The molecule has 7 nitrogen and oxygen atoms in total. The lowest BCUT2D eigenvalue weighted by molar-refractivity contribution is 0.242. The van der Waals surface area contributed by atoms with E-state index in [9.17, 15) is 4.79 Å². The van der Waals surface area contributed by atoms with Gasteiger partial charge in [0.1, 0.15) is 11.9 Å². The minimum absolute atomic E-state index is 0.00597. The number of aliphatic imine (C=N–C) groups is 1. The van der Waals surface area contributed by atoms with E-state index in [1.165, 1.54) is 16.8 Å². The van der Waals surface area contributed by atoms with E-state index in [1.54, 1.807) is 0 Å². The molecule has 0 saturated heterocycles. The van der Waals surface area contributed by atoms with Gasteiger partial charge >= 0.3 is 5.76 Å². The van der Waals surface area contributed by atoms with E-state index in [-0.39, 0.29) is 12.3 Å². The molecule has 39 heavy (non-hydrogen) atoms. The van der Waals surface area contributed by atoms with Crippen LogP contribution in [0.5, 0.6) is 5.75 Å². The Morgan fingerprint density at radius 2 is 1.79 bits per heavy atom. The van der Waals surface area contributed by atoms with Crippen molar-refractivity contribution in [2.75, 3.05) is 4.90 Å². The Hall–Kier alpha value is -4.39. The van der Waals surface area contributed by atoms with Gasteiger partial charge in [-0.15, -0.1) is 0 Å². The second kappa shape index (κ2) is 11.6. The number of hydrogen-bond acceptors (Lipinski definition) is 6. The molecule has 0 fully saturated rings. The Bertz CT molecular complexity index is 1550. The Morgan fingerprint density at radius 3 is 2.49 bits per heavy atom. The van der Waals surface area contributed by atoms with Crippen LogP contribution in [0.4, 0.5) is 5.69 Å². The minimum Gasteiger partial charge on any atom is -0.491 e. The molecule has 0 aliphatic carbocycles. The number of ether oxygens (including phenoxy) is 1. The fourth-order valence-corrected chi connectivity index (χ4v) is 4.92. The summed E-state index contributed by atoms with van der Waals surface area (Å²) in [6, 6.07) is 24.6. The fraction of sp³-hybridized carbons (Fsp3) is 0.281. The zero-order valence-corrected chi connectivity index (χ0v) is 22.8. The van der Waals surface area contributed by atoms with E-state index < -0.39 is 5.76 Å². The quantitative estimate of drug-likeness (QED) is 0.255. The van der Waals surface area contributed by atoms with Gasteiger partial charge in [-0.3, -0.25) is 14.5 Å². The van der Waals surface area contributed by atoms with Gasteiger partial charge in [-0.05, 0) is 61.6 Å². The molecular weight excluding hydrogens is 488 g/mol. The van der Waals surface area contributed by atoms with Crippen LogP contribution in [-0.4, -0.2) is 28.1 Å². The number of H-pyrrole nitrogens is 1. The van der Waals surface area contributed by atoms with E-state index in [0.29, 0.717) is 5.82 Å². The number of anilines is 1. The number of nitrogens with zero attached hydrogens (tertiary/aromatic N) is 3. The summed E-state index contributed by atoms with van der Waals surface area (Å²) in [6.45, 7) is 8.40. The van der Waals surface area contributed by atoms with E-state index in [1.807, 2.05) is 50.2 Å². The smallest absolute Gasteiger partial charge is 0.439 e. The Kier molecular flexibility index (Phi) is 7.77. The third kappa shape index (κ3) is 6.03. The summed E-state index contributed by atoms with van der Waals surface area (Å²) in [4.78, 5) is 21.5. The first-order valence-electron chi connectivity index (χ1n) is 13.5. The van der Waals surface area contributed by atoms with Gasteiger partial charge in [-0.25, -0.2) is 4.79 Å². The van der Waals surface area contributed by atoms with Crippen molar-refractivity contribution >= 4 is 11.4 Å². The average molecular weight is 523 g/mol. The van der Waals surface area contributed by atoms with Gasteiger partial charge in [0.15, 0.2) is 5.82 Å². The highest BCUT2D eigenvalue weighted by Gasteiger charge is 2.22. The maximum Gasteiger partial charge on any atom is 0.439 e. The van der Waals surface area contributed by atoms with Crippen LogP contribution in [0.15, 0.2) is 98.9 Å². The maximum absolute atomic E-state index is 11.5. The molecule has 0 radical (unpaired) electrons. The highest BCUT2D eigenvalue weighted by Crippen LogP contribution is 2.32. The largest absolute Gasteiger partial charge is 0.491 e. The number of hydrogen-bond donors (Lipinski definition) is 1. The molecule has 4 aromatic rings. The molecule has 0 bridgehead atoms. The first kappa shape index (κ1) is 26.2. The SMILES string of the molecule is CCCC1=NC(C)N(c2cccc(OC(C)C)c2)C=C1Cc1ccc(-c2ccccc2-c2noc(=O)[nH]2)cc1. The summed E-state index contributed by atoms with van der Waals surface area (Å²) in [5.41, 5.74) is 7.48. The molecule has 1 atom stereocenters. The second-order valence-corrected chi connectivity index (χ2v) is 10.0. The summed E-state index contributed by atoms with van der Waals surface area (Å²) in [5.74, 6) is 0.714. The monoisotopic (exact) mass is 522 g/mol. The van der Waals surface area contributed by atoms with Crippen LogP contribution in [0.3, 0.4) is 0 Å². The lowest BCUT2D eigenvalue weighted by atomic mass is 9.94. The van der Waals surface area contributed by atoms with Gasteiger partial charge in [0.05, 0.1) is 6.10 Å². The molecular formula is C32H34N4O3. The second-order valence-electron chi connectivity index (χ2n) is 10.0. The average Bonchev–Trinajstić information content (AvgIpc) is 3.36. The summed E-state index contributed by atoms with van der Waals surface area (Å²) in [5, 5.41) is 3.87. The normalized spacial score (nSPS) is 15.3. The number of rotatable bonds is 9. The lowest BCUT2D eigenvalue weighted by Gasteiger charge is -2.32. The molecule has 1 N–H and O–H groups in total. The van der Waals surface area contributed by atoms with Crippen molar-refractivity contribution < 1.29 is 9.26 Å². The number of aromatic amines is 1. The van der Waals surface area contributed by atoms with Gasteiger partial charge in [-0.1, -0.05) is 73.1 Å². The molecule has 200 valence electrons. The molecule has 1 aliphatic rings.